The molecule has 0 heterocycles. The highest BCUT2D eigenvalue weighted by atomic mass is 16.5. The Hall–Kier alpha value is -1.10. The van der Waals surface area contributed by atoms with Gasteiger partial charge >= 0.3 is 5.97 Å². The fourth-order valence-corrected chi connectivity index (χ4v) is 1.49. The molecule has 0 saturated carbocycles. The quantitative estimate of drug-likeness (QED) is 0.664. The summed E-state index contributed by atoms with van der Waals surface area (Å²) in [4.78, 5) is 24.9. The van der Waals surface area contributed by atoms with Gasteiger partial charge in [-0.05, 0) is 33.2 Å². The van der Waals surface area contributed by atoms with Crippen molar-refractivity contribution in [2.45, 2.75) is 46.1 Å². The van der Waals surface area contributed by atoms with E-state index in [2.05, 4.69) is 10.1 Å². The zero-order chi connectivity index (χ0) is 14.2. The van der Waals surface area contributed by atoms with Crippen LogP contribution in [0.1, 0.15) is 40.5 Å². The fraction of sp³-hybridized carbons (Fsp3) is 0.846. The van der Waals surface area contributed by atoms with Gasteiger partial charge in [0.25, 0.3) is 0 Å². The summed E-state index contributed by atoms with van der Waals surface area (Å²) in [5.74, 6) is -0.370. The topological polar surface area (TPSA) is 58.6 Å². The Morgan fingerprint density at radius 3 is 2.28 bits per heavy atom. The molecule has 0 unspecified atom stereocenters. The van der Waals surface area contributed by atoms with E-state index in [1.807, 2.05) is 27.7 Å². The molecular weight excluding hydrogens is 232 g/mol. The average Bonchev–Trinajstić information content (AvgIpc) is 2.28. The Kier molecular flexibility index (Phi) is 7.59. The smallest absolute Gasteiger partial charge is 0.319 e. The van der Waals surface area contributed by atoms with Gasteiger partial charge in [-0.2, -0.15) is 0 Å². The van der Waals surface area contributed by atoms with E-state index in [1.165, 1.54) is 7.11 Å². The summed E-state index contributed by atoms with van der Waals surface area (Å²) < 4.78 is 4.62. The van der Waals surface area contributed by atoms with Crippen molar-refractivity contribution in [2.24, 2.45) is 0 Å². The third-order valence-electron chi connectivity index (χ3n) is 2.85. The van der Waals surface area contributed by atoms with Crippen LogP contribution in [0.3, 0.4) is 0 Å². The second kappa shape index (κ2) is 8.08. The Labute approximate surface area is 110 Å². The minimum absolute atomic E-state index is 0.0563. The zero-order valence-electron chi connectivity index (χ0n) is 12.2. The SMILES string of the molecule is CCCN(CC(=O)NC(C)(C)CC)CC(=O)OC. The van der Waals surface area contributed by atoms with Crippen LogP contribution in [0.4, 0.5) is 0 Å². The lowest BCUT2D eigenvalue weighted by molar-refractivity contribution is -0.142. The fourth-order valence-electron chi connectivity index (χ4n) is 1.49. The van der Waals surface area contributed by atoms with Crippen LogP contribution in [0.25, 0.3) is 0 Å². The summed E-state index contributed by atoms with van der Waals surface area (Å²) in [6, 6.07) is 0. The van der Waals surface area contributed by atoms with E-state index in [-0.39, 0.29) is 30.5 Å². The molecule has 0 atom stereocenters. The molecule has 5 heteroatoms. The van der Waals surface area contributed by atoms with E-state index >= 15 is 0 Å². The number of carbonyl (C=O) groups is 2. The zero-order valence-corrected chi connectivity index (χ0v) is 12.2. The molecule has 0 aliphatic carbocycles. The molecule has 0 bridgehead atoms. The van der Waals surface area contributed by atoms with Gasteiger partial charge in [0, 0.05) is 5.54 Å². The molecule has 0 aliphatic rings. The molecule has 0 radical (unpaired) electrons. The maximum atomic E-state index is 11.9. The molecule has 0 aromatic carbocycles. The van der Waals surface area contributed by atoms with Crippen molar-refractivity contribution in [2.75, 3.05) is 26.7 Å². The summed E-state index contributed by atoms with van der Waals surface area (Å²) in [6.07, 6.45) is 1.75. The summed E-state index contributed by atoms with van der Waals surface area (Å²) in [6.45, 7) is 9.09. The molecule has 0 aromatic rings. The first-order valence-electron chi connectivity index (χ1n) is 6.44. The van der Waals surface area contributed by atoms with Gasteiger partial charge in [-0.15, -0.1) is 0 Å². The molecule has 0 spiro atoms. The Morgan fingerprint density at radius 2 is 1.83 bits per heavy atom. The standard InChI is InChI=1S/C13H26N2O3/c1-6-8-15(10-12(17)18-5)9-11(16)14-13(3,4)7-2/h6-10H2,1-5H3,(H,14,16). The third kappa shape index (κ3) is 7.27. The summed E-state index contributed by atoms with van der Waals surface area (Å²) in [7, 11) is 1.35. The minimum atomic E-state index is -0.314. The Balaban J connectivity index is 4.31. The van der Waals surface area contributed by atoms with Gasteiger partial charge in [0.05, 0.1) is 20.2 Å². The van der Waals surface area contributed by atoms with Crippen molar-refractivity contribution >= 4 is 11.9 Å². The van der Waals surface area contributed by atoms with E-state index < -0.39 is 0 Å². The van der Waals surface area contributed by atoms with E-state index in [0.717, 1.165) is 12.8 Å². The third-order valence-corrected chi connectivity index (χ3v) is 2.85. The lowest BCUT2D eigenvalue weighted by Gasteiger charge is -2.27. The molecule has 0 aromatic heterocycles. The van der Waals surface area contributed by atoms with Crippen molar-refractivity contribution in [1.29, 1.82) is 0 Å². The molecular formula is C13H26N2O3. The molecule has 1 N–H and O–H groups in total. The van der Waals surface area contributed by atoms with Crippen LogP contribution in [0.5, 0.6) is 0 Å². The number of nitrogens with one attached hydrogen (secondary N) is 1. The Bertz CT molecular complexity index is 277. The number of amides is 1. The average molecular weight is 258 g/mol. The number of nitrogens with zero attached hydrogens (tertiary/aromatic N) is 1. The van der Waals surface area contributed by atoms with Gasteiger partial charge in [0.2, 0.25) is 5.91 Å². The molecule has 18 heavy (non-hydrogen) atoms. The summed E-state index contributed by atoms with van der Waals surface area (Å²) in [5, 5.41) is 2.95. The van der Waals surface area contributed by atoms with Crippen LogP contribution >= 0.6 is 0 Å². The van der Waals surface area contributed by atoms with E-state index in [9.17, 15) is 9.59 Å². The summed E-state index contributed by atoms with van der Waals surface area (Å²) >= 11 is 0. The molecule has 0 rings (SSSR count). The second-order valence-electron chi connectivity index (χ2n) is 5.07. The second-order valence-corrected chi connectivity index (χ2v) is 5.07. The first kappa shape index (κ1) is 16.9. The summed E-state index contributed by atoms with van der Waals surface area (Å²) in [5.41, 5.74) is -0.208. The van der Waals surface area contributed by atoms with Gasteiger partial charge in [0.15, 0.2) is 0 Å². The van der Waals surface area contributed by atoms with Crippen molar-refractivity contribution in [3.63, 3.8) is 0 Å². The van der Waals surface area contributed by atoms with Gasteiger partial charge in [-0.1, -0.05) is 13.8 Å². The maximum absolute atomic E-state index is 11.9. The number of methoxy groups -OCH3 is 1. The van der Waals surface area contributed by atoms with E-state index in [1.54, 1.807) is 4.90 Å². The largest absolute Gasteiger partial charge is 0.468 e. The number of ether oxygens (including phenoxy) is 1. The number of rotatable bonds is 8. The van der Waals surface area contributed by atoms with Gasteiger partial charge in [0.1, 0.15) is 0 Å². The minimum Gasteiger partial charge on any atom is -0.468 e. The monoisotopic (exact) mass is 258 g/mol. The molecule has 5 nitrogen and oxygen atoms in total. The highest BCUT2D eigenvalue weighted by Gasteiger charge is 2.20. The van der Waals surface area contributed by atoms with Gasteiger partial charge < -0.3 is 10.1 Å². The number of carbonyl (C=O) groups excluding carboxylic acids is 2. The van der Waals surface area contributed by atoms with E-state index in [0.29, 0.717) is 6.54 Å². The number of hydrogen-bond acceptors (Lipinski definition) is 4. The maximum Gasteiger partial charge on any atom is 0.319 e. The van der Waals surface area contributed by atoms with Crippen LogP contribution in [0, 0.1) is 0 Å². The molecule has 0 fully saturated rings. The van der Waals surface area contributed by atoms with Crippen LogP contribution in [0.2, 0.25) is 0 Å². The highest BCUT2D eigenvalue weighted by Crippen LogP contribution is 2.06. The Morgan fingerprint density at radius 1 is 1.22 bits per heavy atom. The van der Waals surface area contributed by atoms with Crippen LogP contribution in [0.15, 0.2) is 0 Å². The molecule has 0 saturated heterocycles. The van der Waals surface area contributed by atoms with Crippen molar-refractivity contribution in [1.82, 2.24) is 10.2 Å². The lowest BCUT2D eigenvalue weighted by atomic mass is 10.0. The van der Waals surface area contributed by atoms with Crippen molar-refractivity contribution < 1.29 is 14.3 Å². The first-order chi connectivity index (χ1) is 8.34. The van der Waals surface area contributed by atoms with Crippen molar-refractivity contribution in [3.8, 4) is 0 Å². The predicted molar refractivity (Wildman–Crippen MR) is 71.3 cm³/mol. The van der Waals surface area contributed by atoms with E-state index in [4.69, 9.17) is 0 Å². The highest BCUT2D eigenvalue weighted by molar-refractivity contribution is 5.79. The molecule has 1 amide bonds. The predicted octanol–water partition coefficient (Wildman–Crippen LogP) is 1.18. The first-order valence-corrected chi connectivity index (χ1v) is 6.44. The van der Waals surface area contributed by atoms with Crippen LogP contribution in [-0.2, 0) is 14.3 Å². The number of esters is 1. The van der Waals surface area contributed by atoms with Gasteiger partial charge in [-0.25, -0.2) is 0 Å². The lowest BCUT2D eigenvalue weighted by Crippen LogP contribution is -2.48. The van der Waals surface area contributed by atoms with Crippen molar-refractivity contribution in [3.05, 3.63) is 0 Å². The van der Waals surface area contributed by atoms with Crippen LogP contribution < -0.4 is 5.32 Å². The molecule has 0 aliphatic heterocycles. The molecule has 106 valence electrons. The number of hydrogen-bond donors (Lipinski definition) is 1. The van der Waals surface area contributed by atoms with Crippen LogP contribution in [-0.4, -0.2) is 49.1 Å². The normalized spacial score (nSPS) is 11.4. The van der Waals surface area contributed by atoms with Gasteiger partial charge in [-0.3, -0.25) is 14.5 Å².